The number of carbonyl (C=O) groups excluding carboxylic acids is 1. The number of para-hydroxylation sites is 1. The fourth-order valence-electron chi connectivity index (χ4n) is 3.03. The molecule has 172 valence electrons. The summed E-state index contributed by atoms with van der Waals surface area (Å²) < 4.78 is 37.4. The molecule has 0 N–H and O–H groups in total. The highest BCUT2D eigenvalue weighted by atomic mass is 32.2. The fourth-order valence-corrected chi connectivity index (χ4v) is 5.26. The zero-order valence-electron chi connectivity index (χ0n) is 18.6. The quantitative estimate of drug-likeness (QED) is 0.443. The zero-order valence-corrected chi connectivity index (χ0v) is 20.2. The number of sulfone groups is 1. The van der Waals surface area contributed by atoms with Crippen molar-refractivity contribution in [2.24, 2.45) is 0 Å². The van der Waals surface area contributed by atoms with Gasteiger partial charge in [0.25, 0.3) is 0 Å². The van der Waals surface area contributed by atoms with E-state index in [4.69, 9.17) is 9.47 Å². The number of anilines is 1. The Labute approximate surface area is 192 Å². The summed E-state index contributed by atoms with van der Waals surface area (Å²) in [6, 6.07) is 11.6. The van der Waals surface area contributed by atoms with Gasteiger partial charge in [-0.25, -0.2) is 13.4 Å². The Morgan fingerprint density at radius 3 is 2.44 bits per heavy atom. The molecule has 0 saturated heterocycles. The van der Waals surface area contributed by atoms with Gasteiger partial charge in [0.15, 0.2) is 15.0 Å². The summed E-state index contributed by atoms with van der Waals surface area (Å²) in [5, 5.41) is 0.448. The van der Waals surface area contributed by atoms with E-state index in [9.17, 15) is 13.2 Å². The summed E-state index contributed by atoms with van der Waals surface area (Å²) in [4.78, 5) is 21.3. The number of fused-ring (bicyclic) bond motifs is 1. The van der Waals surface area contributed by atoms with E-state index in [0.29, 0.717) is 41.8 Å². The normalized spacial score (nSPS) is 11.7. The van der Waals surface area contributed by atoms with Crippen LogP contribution in [0.5, 0.6) is 11.5 Å². The largest absolute Gasteiger partial charge is 0.497 e. The van der Waals surface area contributed by atoms with E-state index in [1.807, 2.05) is 44.1 Å². The molecule has 10 heteroatoms. The van der Waals surface area contributed by atoms with Crippen LogP contribution in [0.4, 0.5) is 5.13 Å². The van der Waals surface area contributed by atoms with Crippen molar-refractivity contribution in [2.45, 2.75) is 11.8 Å². The van der Waals surface area contributed by atoms with Crippen LogP contribution < -0.4 is 14.4 Å². The van der Waals surface area contributed by atoms with E-state index < -0.39 is 21.5 Å². The highest BCUT2D eigenvalue weighted by Crippen LogP contribution is 2.34. The van der Waals surface area contributed by atoms with E-state index >= 15 is 0 Å². The molecule has 1 aromatic heterocycles. The molecule has 0 radical (unpaired) electrons. The minimum atomic E-state index is -3.83. The second-order valence-electron chi connectivity index (χ2n) is 7.32. The van der Waals surface area contributed by atoms with Crippen LogP contribution in [-0.2, 0) is 14.6 Å². The van der Waals surface area contributed by atoms with E-state index in [1.54, 1.807) is 12.1 Å². The minimum Gasteiger partial charge on any atom is -0.497 e. The van der Waals surface area contributed by atoms with Crippen molar-refractivity contribution in [2.75, 3.05) is 51.6 Å². The van der Waals surface area contributed by atoms with Gasteiger partial charge in [0.1, 0.15) is 22.8 Å². The number of hydrogen-bond acceptors (Lipinski definition) is 8. The third-order valence-electron chi connectivity index (χ3n) is 4.71. The molecular weight excluding hydrogens is 450 g/mol. The molecule has 0 unspecified atom stereocenters. The van der Waals surface area contributed by atoms with Gasteiger partial charge in [-0.1, -0.05) is 17.4 Å². The molecule has 0 fully saturated rings. The number of likely N-dealkylation sites (N-methyl/N-ethyl adjacent to an activating group) is 1. The average molecular weight is 478 g/mol. The van der Waals surface area contributed by atoms with Crippen molar-refractivity contribution in [3.8, 4) is 11.5 Å². The number of carbonyl (C=O) groups is 1. The summed E-state index contributed by atoms with van der Waals surface area (Å²) in [6.45, 7) is 3.26. The fraction of sp³-hybridized carbons (Fsp3) is 0.364. The SMILES string of the molecule is CCOc1cccc2sc(N(CCN(C)C)C(=O)CS(=O)(=O)c3ccc(OC)cc3)nc12. The number of benzene rings is 2. The lowest BCUT2D eigenvalue weighted by Gasteiger charge is -2.22. The number of thiazole rings is 1. The van der Waals surface area contributed by atoms with Crippen molar-refractivity contribution in [1.82, 2.24) is 9.88 Å². The molecule has 0 aliphatic heterocycles. The maximum atomic E-state index is 13.2. The summed E-state index contributed by atoms with van der Waals surface area (Å²) >= 11 is 1.34. The molecule has 1 heterocycles. The number of methoxy groups -OCH3 is 1. The minimum absolute atomic E-state index is 0.0714. The molecule has 8 nitrogen and oxygen atoms in total. The van der Waals surface area contributed by atoms with Crippen molar-refractivity contribution in [3.05, 3.63) is 42.5 Å². The molecule has 0 bridgehead atoms. The number of ether oxygens (including phenoxy) is 2. The number of amides is 1. The highest BCUT2D eigenvalue weighted by molar-refractivity contribution is 7.92. The van der Waals surface area contributed by atoms with Gasteiger partial charge in [0.2, 0.25) is 5.91 Å². The number of rotatable bonds is 10. The van der Waals surface area contributed by atoms with Gasteiger partial charge in [-0.15, -0.1) is 0 Å². The monoisotopic (exact) mass is 477 g/mol. The lowest BCUT2D eigenvalue weighted by atomic mass is 10.3. The lowest BCUT2D eigenvalue weighted by Crippen LogP contribution is -2.40. The van der Waals surface area contributed by atoms with Gasteiger partial charge >= 0.3 is 0 Å². The average Bonchev–Trinajstić information content (AvgIpc) is 3.18. The van der Waals surface area contributed by atoms with Gasteiger partial charge in [-0.3, -0.25) is 9.69 Å². The van der Waals surface area contributed by atoms with E-state index in [0.717, 1.165) is 4.70 Å². The van der Waals surface area contributed by atoms with E-state index in [2.05, 4.69) is 4.98 Å². The Kier molecular flexibility index (Phi) is 7.70. The lowest BCUT2D eigenvalue weighted by molar-refractivity contribution is -0.116. The molecule has 0 saturated carbocycles. The summed E-state index contributed by atoms with van der Waals surface area (Å²) in [7, 11) is 1.46. The van der Waals surface area contributed by atoms with Gasteiger partial charge in [0, 0.05) is 13.1 Å². The van der Waals surface area contributed by atoms with Crippen LogP contribution in [0, 0.1) is 0 Å². The van der Waals surface area contributed by atoms with Gasteiger partial charge < -0.3 is 14.4 Å². The van der Waals surface area contributed by atoms with E-state index in [-0.39, 0.29) is 4.90 Å². The Hall–Kier alpha value is -2.69. The molecule has 0 spiro atoms. The first-order valence-corrected chi connectivity index (χ1v) is 12.6. The van der Waals surface area contributed by atoms with Crippen LogP contribution in [0.3, 0.4) is 0 Å². The van der Waals surface area contributed by atoms with Crippen LogP contribution >= 0.6 is 11.3 Å². The Morgan fingerprint density at radius 2 is 1.81 bits per heavy atom. The molecule has 2 aromatic carbocycles. The van der Waals surface area contributed by atoms with Crippen LogP contribution in [0.25, 0.3) is 10.2 Å². The number of hydrogen-bond donors (Lipinski definition) is 0. The van der Waals surface area contributed by atoms with Gasteiger partial charge in [-0.2, -0.15) is 0 Å². The second kappa shape index (κ2) is 10.3. The predicted molar refractivity (Wildman–Crippen MR) is 127 cm³/mol. The predicted octanol–water partition coefficient (Wildman–Crippen LogP) is 3.07. The van der Waals surface area contributed by atoms with Crippen molar-refractivity contribution in [3.63, 3.8) is 0 Å². The van der Waals surface area contributed by atoms with Crippen molar-refractivity contribution >= 4 is 42.4 Å². The maximum absolute atomic E-state index is 13.2. The van der Waals surface area contributed by atoms with Gasteiger partial charge in [0.05, 0.1) is 23.3 Å². The van der Waals surface area contributed by atoms with Crippen LogP contribution in [0.15, 0.2) is 47.4 Å². The van der Waals surface area contributed by atoms with E-state index in [1.165, 1.54) is 35.5 Å². The Balaban J connectivity index is 1.91. The smallest absolute Gasteiger partial charge is 0.244 e. The second-order valence-corrected chi connectivity index (χ2v) is 10.3. The topological polar surface area (TPSA) is 89.0 Å². The summed E-state index contributed by atoms with van der Waals surface area (Å²) in [6.07, 6.45) is 0. The molecule has 3 aromatic rings. The molecule has 0 aliphatic rings. The molecule has 32 heavy (non-hydrogen) atoms. The first-order chi connectivity index (χ1) is 15.2. The van der Waals surface area contributed by atoms with Crippen molar-refractivity contribution in [1.29, 1.82) is 0 Å². The van der Waals surface area contributed by atoms with Gasteiger partial charge in [-0.05, 0) is 57.4 Å². The maximum Gasteiger partial charge on any atom is 0.244 e. The molecular formula is C22H27N3O5S2. The molecule has 3 rings (SSSR count). The number of nitrogens with zero attached hydrogens (tertiary/aromatic N) is 3. The zero-order chi connectivity index (χ0) is 23.3. The third kappa shape index (κ3) is 5.56. The standard InChI is InChI=1S/C22H27N3O5S2/c1-5-30-18-7-6-8-19-21(18)23-22(31-19)25(14-13-24(2)3)20(26)15-32(27,28)17-11-9-16(29-4)10-12-17/h6-12H,5,13-15H2,1-4H3. The van der Waals surface area contributed by atoms with Crippen molar-refractivity contribution < 1.29 is 22.7 Å². The Morgan fingerprint density at radius 1 is 1.09 bits per heavy atom. The van der Waals surface area contributed by atoms with Crippen LogP contribution in [0.1, 0.15) is 6.92 Å². The highest BCUT2D eigenvalue weighted by Gasteiger charge is 2.27. The summed E-state index contributed by atoms with van der Waals surface area (Å²) in [5.74, 6) is 0.00147. The molecule has 1 amide bonds. The molecule has 0 atom stereocenters. The first kappa shape index (κ1) is 24.0. The first-order valence-electron chi connectivity index (χ1n) is 10.1. The summed E-state index contributed by atoms with van der Waals surface area (Å²) in [5.41, 5.74) is 0.662. The van der Waals surface area contributed by atoms with Crippen LogP contribution in [-0.4, -0.2) is 70.9 Å². The number of aromatic nitrogens is 1. The van der Waals surface area contributed by atoms with Crippen LogP contribution in [0.2, 0.25) is 0 Å². The Bertz CT molecular complexity index is 1170. The molecule has 0 aliphatic carbocycles. The third-order valence-corrected chi connectivity index (χ3v) is 7.37.